The van der Waals surface area contributed by atoms with E-state index < -0.39 is 0 Å². The molecule has 7 atom stereocenters. The van der Waals surface area contributed by atoms with Crippen LogP contribution in [0.2, 0.25) is 0 Å². The Kier molecular flexibility index (Phi) is 4.92. The molecule has 1 unspecified atom stereocenters. The van der Waals surface area contributed by atoms with Gasteiger partial charge in [0.2, 0.25) is 0 Å². The zero-order valence-electron chi connectivity index (χ0n) is 17.9. The highest BCUT2D eigenvalue weighted by Crippen LogP contribution is 2.67. The van der Waals surface area contributed by atoms with Crippen molar-refractivity contribution in [3.8, 4) is 0 Å². The molecule has 4 aliphatic rings. The minimum atomic E-state index is 0.227. The predicted octanol–water partition coefficient (Wildman–Crippen LogP) is 6.14. The third-order valence-corrected chi connectivity index (χ3v) is 9.52. The number of hydrogen-bond acceptors (Lipinski definition) is 2. The summed E-state index contributed by atoms with van der Waals surface area (Å²) in [6.07, 6.45) is 13.7. The number of rotatable bonds is 4. The second-order valence-electron chi connectivity index (χ2n) is 10.7. The van der Waals surface area contributed by atoms with E-state index in [2.05, 4.69) is 26.8 Å². The van der Waals surface area contributed by atoms with Gasteiger partial charge in [-0.3, -0.25) is 9.59 Å². The first-order chi connectivity index (χ1) is 12.8. The Bertz CT molecular complexity index is 661. The van der Waals surface area contributed by atoms with Gasteiger partial charge in [0, 0.05) is 11.8 Å². The van der Waals surface area contributed by atoms with E-state index in [0.29, 0.717) is 17.5 Å². The summed E-state index contributed by atoms with van der Waals surface area (Å²) in [6, 6.07) is 0. The number of fused-ring (bicyclic) bond motifs is 5. The average Bonchev–Trinajstić information content (AvgIpc) is 2.98. The van der Waals surface area contributed by atoms with Crippen molar-refractivity contribution in [3.63, 3.8) is 0 Å². The van der Waals surface area contributed by atoms with Gasteiger partial charge >= 0.3 is 0 Å². The highest BCUT2D eigenvalue weighted by molar-refractivity contribution is 5.93. The van der Waals surface area contributed by atoms with Crippen LogP contribution in [0.1, 0.15) is 91.9 Å². The second-order valence-corrected chi connectivity index (χ2v) is 10.7. The first-order valence-corrected chi connectivity index (χ1v) is 11.6. The summed E-state index contributed by atoms with van der Waals surface area (Å²) < 4.78 is 0. The van der Waals surface area contributed by atoms with E-state index in [0.717, 1.165) is 43.4 Å². The molecule has 2 heteroatoms. The molecule has 0 amide bonds. The van der Waals surface area contributed by atoms with Gasteiger partial charge in [0.25, 0.3) is 0 Å². The molecule has 4 rings (SSSR count). The summed E-state index contributed by atoms with van der Waals surface area (Å²) in [5, 5.41) is 0. The van der Waals surface area contributed by atoms with Gasteiger partial charge in [-0.1, -0.05) is 39.2 Å². The summed E-state index contributed by atoms with van der Waals surface area (Å²) in [7, 11) is 0. The van der Waals surface area contributed by atoms with Crippen molar-refractivity contribution in [2.75, 3.05) is 0 Å². The van der Waals surface area contributed by atoms with Gasteiger partial charge < -0.3 is 0 Å². The molecule has 0 aromatic carbocycles. The van der Waals surface area contributed by atoms with Crippen molar-refractivity contribution in [3.05, 3.63) is 11.6 Å². The lowest BCUT2D eigenvalue weighted by Gasteiger charge is -2.58. The molecule has 3 saturated carbocycles. The molecule has 0 aromatic heterocycles. The zero-order valence-corrected chi connectivity index (χ0v) is 17.9. The van der Waals surface area contributed by atoms with Gasteiger partial charge in [0.1, 0.15) is 5.78 Å². The Morgan fingerprint density at radius 1 is 1.15 bits per heavy atom. The molecule has 0 saturated heterocycles. The standard InChI is InChI=1S/C25H38O2/c1-5-6-7-17-15-25(4)18(14-23(17)27)8-9-19-21-11-10-20(16(2)26)24(21,3)13-12-22(19)25/h14,17,19-22H,5-13,15H2,1-4H3/t17?,19-,20+,21-,22-,24+,25-/m0/s1. The molecule has 27 heavy (non-hydrogen) atoms. The van der Waals surface area contributed by atoms with Gasteiger partial charge in [0.15, 0.2) is 5.78 Å². The number of unbranched alkanes of at least 4 members (excludes halogenated alkanes) is 1. The fourth-order valence-corrected chi connectivity index (χ4v) is 8.11. The summed E-state index contributed by atoms with van der Waals surface area (Å²) in [5.41, 5.74) is 1.92. The lowest BCUT2D eigenvalue weighted by Crippen LogP contribution is -2.52. The van der Waals surface area contributed by atoms with Gasteiger partial charge in [-0.15, -0.1) is 0 Å². The lowest BCUT2D eigenvalue weighted by molar-refractivity contribution is -0.129. The molecular formula is C25H38O2. The van der Waals surface area contributed by atoms with Crippen LogP contribution in [-0.4, -0.2) is 11.6 Å². The first-order valence-electron chi connectivity index (χ1n) is 11.6. The van der Waals surface area contributed by atoms with E-state index >= 15 is 0 Å². The van der Waals surface area contributed by atoms with Crippen LogP contribution in [0.15, 0.2) is 11.6 Å². The largest absolute Gasteiger partial charge is 0.300 e. The molecular weight excluding hydrogens is 332 g/mol. The molecule has 0 aliphatic heterocycles. The summed E-state index contributed by atoms with van der Waals surface area (Å²) in [4.78, 5) is 25.0. The van der Waals surface area contributed by atoms with Gasteiger partial charge in [0.05, 0.1) is 0 Å². The maximum absolute atomic E-state index is 12.7. The topological polar surface area (TPSA) is 34.1 Å². The number of Topliss-reactive ketones (excluding diaryl/α,β-unsaturated/α-hetero) is 1. The normalized spacial score (nSPS) is 46.3. The molecule has 4 aliphatic carbocycles. The molecule has 3 fully saturated rings. The van der Waals surface area contributed by atoms with Crippen molar-refractivity contribution >= 4 is 11.6 Å². The third-order valence-electron chi connectivity index (χ3n) is 9.52. The van der Waals surface area contributed by atoms with Gasteiger partial charge in [-0.05, 0) is 93.0 Å². The monoisotopic (exact) mass is 370 g/mol. The SMILES string of the molecule is CCCCC1C[C@@]2(C)C(=CC1=O)CC[C@H]1[C@@H]3CC[C@H](C(C)=O)[C@@]3(C)CC[C@@H]12. The number of hydrogen-bond donors (Lipinski definition) is 0. The van der Waals surface area contributed by atoms with E-state index in [4.69, 9.17) is 0 Å². The maximum atomic E-state index is 12.7. The molecule has 0 bridgehead atoms. The van der Waals surface area contributed by atoms with Gasteiger partial charge in [-0.25, -0.2) is 0 Å². The van der Waals surface area contributed by atoms with Crippen LogP contribution >= 0.6 is 0 Å². The van der Waals surface area contributed by atoms with Crippen LogP contribution in [0.4, 0.5) is 0 Å². The Hall–Kier alpha value is -0.920. The van der Waals surface area contributed by atoms with Crippen LogP contribution in [0.25, 0.3) is 0 Å². The average molecular weight is 371 g/mol. The highest BCUT2D eigenvalue weighted by atomic mass is 16.1. The Morgan fingerprint density at radius 2 is 1.93 bits per heavy atom. The van der Waals surface area contributed by atoms with Crippen LogP contribution in [0.5, 0.6) is 0 Å². The Labute approximate surface area is 165 Å². The molecule has 150 valence electrons. The van der Waals surface area contributed by atoms with E-state index in [-0.39, 0.29) is 16.7 Å². The molecule has 0 aromatic rings. The minimum absolute atomic E-state index is 0.227. The predicted molar refractivity (Wildman–Crippen MR) is 109 cm³/mol. The Morgan fingerprint density at radius 3 is 2.63 bits per heavy atom. The number of allylic oxidation sites excluding steroid dienone is 1. The van der Waals surface area contributed by atoms with Crippen molar-refractivity contribution < 1.29 is 9.59 Å². The van der Waals surface area contributed by atoms with Crippen LogP contribution < -0.4 is 0 Å². The summed E-state index contributed by atoms with van der Waals surface area (Å²) in [6.45, 7) is 8.95. The Balaban J connectivity index is 1.61. The molecule has 0 heterocycles. The van der Waals surface area contributed by atoms with Crippen molar-refractivity contribution in [1.29, 1.82) is 0 Å². The number of carbonyl (C=O) groups is 2. The first kappa shape index (κ1) is 19.4. The highest BCUT2D eigenvalue weighted by Gasteiger charge is 2.60. The second kappa shape index (κ2) is 6.85. The van der Waals surface area contributed by atoms with Crippen molar-refractivity contribution in [2.24, 2.45) is 40.4 Å². The fraction of sp³-hybridized carbons (Fsp3) is 0.840. The van der Waals surface area contributed by atoms with Gasteiger partial charge in [-0.2, -0.15) is 0 Å². The van der Waals surface area contributed by atoms with Crippen molar-refractivity contribution in [1.82, 2.24) is 0 Å². The van der Waals surface area contributed by atoms with E-state index in [1.165, 1.54) is 44.1 Å². The minimum Gasteiger partial charge on any atom is -0.300 e. The van der Waals surface area contributed by atoms with E-state index in [9.17, 15) is 9.59 Å². The summed E-state index contributed by atoms with van der Waals surface area (Å²) >= 11 is 0. The molecule has 0 radical (unpaired) electrons. The summed E-state index contributed by atoms with van der Waals surface area (Å²) in [5.74, 6) is 3.57. The third kappa shape index (κ3) is 2.88. The zero-order chi connectivity index (χ0) is 19.4. The molecule has 2 nitrogen and oxygen atoms in total. The van der Waals surface area contributed by atoms with Crippen LogP contribution in [0, 0.1) is 40.4 Å². The van der Waals surface area contributed by atoms with Crippen LogP contribution in [-0.2, 0) is 9.59 Å². The molecule has 0 spiro atoms. The number of ketones is 2. The van der Waals surface area contributed by atoms with E-state index in [1.807, 2.05) is 6.92 Å². The molecule has 0 N–H and O–H groups in total. The van der Waals surface area contributed by atoms with E-state index in [1.54, 1.807) is 0 Å². The smallest absolute Gasteiger partial charge is 0.158 e. The van der Waals surface area contributed by atoms with Crippen molar-refractivity contribution in [2.45, 2.75) is 91.9 Å². The maximum Gasteiger partial charge on any atom is 0.158 e. The van der Waals surface area contributed by atoms with Crippen LogP contribution in [0.3, 0.4) is 0 Å². The fourth-order valence-electron chi connectivity index (χ4n) is 8.11. The lowest BCUT2D eigenvalue weighted by atomic mass is 9.46. The number of carbonyl (C=O) groups excluding carboxylic acids is 2. The quantitative estimate of drug-likeness (QED) is 0.595.